The van der Waals surface area contributed by atoms with Crippen LogP contribution in [0.25, 0.3) is 0 Å². The molecule has 0 heterocycles. The zero-order valence-corrected chi connectivity index (χ0v) is 13.7. The highest BCUT2D eigenvalue weighted by molar-refractivity contribution is 6.31. The molecule has 0 saturated heterocycles. The van der Waals surface area contributed by atoms with Crippen molar-refractivity contribution in [3.05, 3.63) is 63.6 Å². The van der Waals surface area contributed by atoms with Crippen LogP contribution in [0.1, 0.15) is 31.1 Å². The molecule has 2 rings (SSSR count). The molecule has 2 atom stereocenters. The van der Waals surface area contributed by atoms with Crippen molar-refractivity contribution >= 4 is 23.2 Å². The van der Waals surface area contributed by atoms with Crippen molar-refractivity contribution in [3.8, 4) is 5.75 Å². The minimum atomic E-state index is -0.301. The van der Waals surface area contributed by atoms with Gasteiger partial charge in [-0.3, -0.25) is 0 Å². The van der Waals surface area contributed by atoms with E-state index >= 15 is 0 Å². The normalized spacial score (nSPS) is 13.8. The highest BCUT2D eigenvalue weighted by Crippen LogP contribution is 2.31. The fraction of sp³-hybridized carbons (Fsp3) is 0.294. The Balaban J connectivity index is 2.31. The molecule has 0 fully saturated rings. The molecule has 0 aliphatic heterocycles. The summed E-state index contributed by atoms with van der Waals surface area (Å²) in [6.07, 6.45) is 0.551. The Hall–Kier alpha value is -1.22. The summed E-state index contributed by atoms with van der Waals surface area (Å²) in [6.45, 7) is 3.97. The third-order valence-electron chi connectivity index (χ3n) is 3.35. The van der Waals surface area contributed by atoms with Gasteiger partial charge in [0.05, 0.1) is 0 Å². The summed E-state index contributed by atoms with van der Waals surface area (Å²) in [6, 6.07) is 13.1. The van der Waals surface area contributed by atoms with Gasteiger partial charge < -0.3 is 10.5 Å². The first-order valence-electron chi connectivity index (χ1n) is 6.98. The summed E-state index contributed by atoms with van der Waals surface area (Å²) >= 11 is 12.4. The van der Waals surface area contributed by atoms with Crippen LogP contribution >= 0.6 is 23.2 Å². The molecule has 2 unspecified atom stereocenters. The molecule has 2 aromatic rings. The molecule has 0 aliphatic carbocycles. The van der Waals surface area contributed by atoms with Gasteiger partial charge in [-0.2, -0.15) is 0 Å². The number of hydrogen-bond donors (Lipinski definition) is 1. The molecule has 0 saturated carbocycles. The first-order valence-corrected chi connectivity index (χ1v) is 7.73. The van der Waals surface area contributed by atoms with Gasteiger partial charge in [-0.15, -0.1) is 0 Å². The Morgan fingerprint density at radius 1 is 1.10 bits per heavy atom. The zero-order chi connectivity index (χ0) is 15.4. The molecule has 0 aliphatic rings. The molecular weight excluding hydrogens is 305 g/mol. The predicted molar refractivity (Wildman–Crippen MR) is 89.3 cm³/mol. The molecule has 0 spiro atoms. The number of ether oxygens (including phenoxy) is 1. The van der Waals surface area contributed by atoms with Crippen molar-refractivity contribution in [3.63, 3.8) is 0 Å². The van der Waals surface area contributed by atoms with Crippen molar-refractivity contribution in [2.45, 2.75) is 32.4 Å². The van der Waals surface area contributed by atoms with Gasteiger partial charge in [0, 0.05) is 21.7 Å². The molecule has 112 valence electrons. The largest absolute Gasteiger partial charge is 0.484 e. The fourth-order valence-corrected chi connectivity index (χ4v) is 2.70. The lowest BCUT2D eigenvalue weighted by Crippen LogP contribution is -2.29. The summed E-state index contributed by atoms with van der Waals surface area (Å²) in [5.74, 6) is 0.749. The summed E-state index contributed by atoms with van der Waals surface area (Å²) in [7, 11) is 0. The van der Waals surface area contributed by atoms with E-state index in [1.54, 1.807) is 0 Å². The second-order valence-corrected chi connectivity index (χ2v) is 5.84. The average molecular weight is 324 g/mol. The lowest BCUT2D eigenvalue weighted by atomic mass is 10.0. The summed E-state index contributed by atoms with van der Waals surface area (Å²) in [5, 5.41) is 1.41. The molecule has 2 N–H and O–H groups in total. The molecule has 2 aromatic carbocycles. The highest BCUT2D eigenvalue weighted by atomic mass is 35.5. The number of hydrogen-bond acceptors (Lipinski definition) is 2. The maximum Gasteiger partial charge on any atom is 0.140 e. The maximum atomic E-state index is 6.26. The van der Waals surface area contributed by atoms with E-state index in [1.807, 2.05) is 49.4 Å². The molecule has 21 heavy (non-hydrogen) atoms. The van der Waals surface area contributed by atoms with Crippen LogP contribution in [-0.4, -0.2) is 6.04 Å². The third-order valence-corrected chi connectivity index (χ3v) is 4.06. The van der Waals surface area contributed by atoms with Crippen LogP contribution in [0.2, 0.25) is 10.0 Å². The van der Waals surface area contributed by atoms with Gasteiger partial charge in [-0.1, -0.05) is 48.3 Å². The summed E-state index contributed by atoms with van der Waals surface area (Å²) < 4.78 is 6.07. The topological polar surface area (TPSA) is 35.2 Å². The number of benzene rings is 2. The predicted octanol–water partition coefficient (Wildman–Crippen LogP) is 5.02. The Labute approximate surface area is 135 Å². The summed E-state index contributed by atoms with van der Waals surface area (Å²) in [5.41, 5.74) is 8.02. The maximum absolute atomic E-state index is 6.26. The lowest BCUT2D eigenvalue weighted by Gasteiger charge is -2.24. The molecular formula is C17H19Cl2NO. The van der Waals surface area contributed by atoms with Gasteiger partial charge >= 0.3 is 0 Å². The number of aryl methyl sites for hydroxylation is 1. The van der Waals surface area contributed by atoms with Crippen LogP contribution in [-0.2, 0) is 6.42 Å². The molecule has 2 nitrogen and oxygen atoms in total. The van der Waals surface area contributed by atoms with Crippen molar-refractivity contribution in [1.82, 2.24) is 0 Å². The minimum Gasteiger partial charge on any atom is -0.484 e. The SMILES string of the molecule is CCc1cc(OC(c2ccccc2Cl)C(C)N)ccc1Cl. The van der Waals surface area contributed by atoms with Gasteiger partial charge in [-0.05, 0) is 43.2 Å². The fourth-order valence-electron chi connectivity index (χ4n) is 2.20. The Kier molecular flexibility index (Phi) is 5.51. The first-order chi connectivity index (χ1) is 10.0. The second-order valence-electron chi connectivity index (χ2n) is 5.03. The van der Waals surface area contributed by atoms with E-state index < -0.39 is 0 Å². The molecule has 0 aromatic heterocycles. The van der Waals surface area contributed by atoms with E-state index in [0.29, 0.717) is 5.02 Å². The second kappa shape index (κ2) is 7.17. The summed E-state index contributed by atoms with van der Waals surface area (Å²) in [4.78, 5) is 0. The molecule has 0 bridgehead atoms. The van der Waals surface area contributed by atoms with Crippen LogP contribution < -0.4 is 10.5 Å². The minimum absolute atomic E-state index is 0.189. The molecule has 0 radical (unpaired) electrons. The van der Waals surface area contributed by atoms with Crippen LogP contribution in [0, 0.1) is 0 Å². The molecule has 4 heteroatoms. The van der Waals surface area contributed by atoms with Crippen LogP contribution in [0.5, 0.6) is 5.75 Å². The van der Waals surface area contributed by atoms with Gasteiger partial charge in [-0.25, -0.2) is 0 Å². The van der Waals surface area contributed by atoms with E-state index in [0.717, 1.165) is 28.3 Å². The van der Waals surface area contributed by atoms with Gasteiger partial charge in [0.25, 0.3) is 0 Å². The van der Waals surface area contributed by atoms with Gasteiger partial charge in [0.1, 0.15) is 11.9 Å². The first kappa shape index (κ1) is 16.2. The number of nitrogens with two attached hydrogens (primary N) is 1. The Bertz CT molecular complexity index is 613. The monoisotopic (exact) mass is 323 g/mol. The van der Waals surface area contributed by atoms with Crippen LogP contribution in [0.15, 0.2) is 42.5 Å². The quantitative estimate of drug-likeness (QED) is 0.838. The Morgan fingerprint density at radius 3 is 2.43 bits per heavy atom. The highest BCUT2D eigenvalue weighted by Gasteiger charge is 2.21. The average Bonchev–Trinajstić information content (AvgIpc) is 2.47. The van der Waals surface area contributed by atoms with Gasteiger partial charge in [0.2, 0.25) is 0 Å². The zero-order valence-electron chi connectivity index (χ0n) is 12.1. The van der Waals surface area contributed by atoms with E-state index in [9.17, 15) is 0 Å². The van der Waals surface area contributed by atoms with Crippen molar-refractivity contribution in [1.29, 1.82) is 0 Å². The van der Waals surface area contributed by atoms with Crippen LogP contribution in [0.3, 0.4) is 0 Å². The lowest BCUT2D eigenvalue weighted by molar-refractivity contribution is 0.180. The van der Waals surface area contributed by atoms with Crippen molar-refractivity contribution in [2.24, 2.45) is 5.73 Å². The standard InChI is InChI=1S/C17H19Cl2NO/c1-3-12-10-13(8-9-15(12)18)21-17(11(2)20)14-6-4-5-7-16(14)19/h4-11,17H,3,20H2,1-2H3. The smallest absolute Gasteiger partial charge is 0.140 e. The Morgan fingerprint density at radius 2 is 1.81 bits per heavy atom. The van der Waals surface area contributed by atoms with E-state index in [2.05, 4.69) is 6.92 Å². The number of halogens is 2. The third kappa shape index (κ3) is 3.91. The van der Waals surface area contributed by atoms with Crippen molar-refractivity contribution in [2.75, 3.05) is 0 Å². The van der Waals surface area contributed by atoms with E-state index in [4.69, 9.17) is 33.7 Å². The van der Waals surface area contributed by atoms with Crippen molar-refractivity contribution < 1.29 is 4.74 Å². The van der Waals surface area contributed by atoms with E-state index in [1.165, 1.54) is 0 Å². The van der Waals surface area contributed by atoms with Crippen LogP contribution in [0.4, 0.5) is 0 Å². The molecule has 0 amide bonds. The van der Waals surface area contributed by atoms with E-state index in [-0.39, 0.29) is 12.1 Å². The van der Waals surface area contributed by atoms with Gasteiger partial charge in [0.15, 0.2) is 0 Å². The number of rotatable bonds is 5.